The number of nitrogens with two attached hydrogens (primary N) is 1. The van der Waals surface area contributed by atoms with Crippen LogP contribution in [0.2, 0.25) is 0 Å². The Kier molecular flexibility index (Phi) is 1.68. The number of carbonyl (C=O) groups is 1. The fourth-order valence-corrected chi connectivity index (χ4v) is 0.651. The Labute approximate surface area is 72.4 Å². The van der Waals surface area contributed by atoms with Crippen molar-refractivity contribution in [3.05, 3.63) is 35.3 Å². The van der Waals surface area contributed by atoms with Gasteiger partial charge in [0.15, 0.2) is 0 Å². The highest BCUT2D eigenvalue weighted by molar-refractivity contribution is 5.93. The molecule has 0 heterocycles. The predicted octanol–water partition coefficient (Wildman–Crippen LogP) is 0.162. The second-order valence-corrected chi connectivity index (χ2v) is 1.99. The molecule has 0 unspecified atom stereocenters. The molecule has 0 atom stereocenters. The largest absolute Gasteiger partial charge is 0.290 e. The lowest BCUT2D eigenvalue weighted by Gasteiger charge is -1.97. The van der Waals surface area contributed by atoms with Crippen molar-refractivity contribution in [2.75, 3.05) is 0 Å². The molecule has 0 saturated heterocycles. The summed E-state index contributed by atoms with van der Waals surface area (Å²) in [5.74, 6) is 4.18. The molecular weight excluding hydrogens is 154 g/mol. The number of hydrazine groups is 1. The zero-order chi connectivity index (χ0) is 10.7. The number of hydrogen-bond acceptors (Lipinski definition) is 3. The van der Waals surface area contributed by atoms with E-state index in [0.29, 0.717) is 0 Å². The van der Waals surface area contributed by atoms with Crippen LogP contribution in [0.4, 0.5) is 0 Å². The SMILES string of the molecule is [2H]c1cc(C#N)cc([2H])c1C(=O)NN. The monoisotopic (exact) mass is 163 g/mol. The molecule has 0 spiro atoms. The number of hydrogen-bond donors (Lipinski definition) is 2. The molecule has 0 aliphatic carbocycles. The van der Waals surface area contributed by atoms with Crippen molar-refractivity contribution in [3.8, 4) is 6.07 Å². The number of rotatable bonds is 1. The Hall–Kier alpha value is -1.86. The molecule has 0 aliphatic rings. The van der Waals surface area contributed by atoms with Gasteiger partial charge in [-0.15, -0.1) is 0 Å². The molecule has 0 aliphatic heterocycles. The van der Waals surface area contributed by atoms with E-state index in [2.05, 4.69) is 0 Å². The highest BCUT2D eigenvalue weighted by Crippen LogP contribution is 2.02. The second-order valence-electron chi connectivity index (χ2n) is 1.99. The van der Waals surface area contributed by atoms with Crippen molar-refractivity contribution < 1.29 is 7.54 Å². The molecule has 4 nitrogen and oxygen atoms in total. The van der Waals surface area contributed by atoms with Gasteiger partial charge < -0.3 is 0 Å². The Morgan fingerprint density at radius 2 is 2.25 bits per heavy atom. The smallest absolute Gasteiger partial charge is 0.265 e. The van der Waals surface area contributed by atoms with Crippen LogP contribution < -0.4 is 11.3 Å². The van der Waals surface area contributed by atoms with E-state index < -0.39 is 5.91 Å². The summed E-state index contributed by atoms with van der Waals surface area (Å²) in [6.45, 7) is 0. The molecule has 3 N–H and O–H groups in total. The average molecular weight is 163 g/mol. The summed E-state index contributed by atoms with van der Waals surface area (Å²) in [5.41, 5.74) is 1.88. The summed E-state index contributed by atoms with van der Waals surface area (Å²) in [7, 11) is 0. The molecule has 1 amide bonds. The standard InChI is InChI=1S/C8H7N3O/c9-5-6-1-3-7(4-2-6)8(12)11-10/h1-4H,10H2,(H,11,12)/i3D,4D. The number of amides is 1. The van der Waals surface area contributed by atoms with Crippen molar-refractivity contribution in [1.29, 1.82) is 5.26 Å². The molecule has 0 saturated carbocycles. The highest BCUT2D eigenvalue weighted by atomic mass is 16.2. The van der Waals surface area contributed by atoms with Crippen LogP contribution in [-0.4, -0.2) is 5.91 Å². The van der Waals surface area contributed by atoms with Gasteiger partial charge in [-0.1, -0.05) is 0 Å². The van der Waals surface area contributed by atoms with Gasteiger partial charge in [0.25, 0.3) is 5.91 Å². The third-order valence-corrected chi connectivity index (χ3v) is 1.23. The summed E-state index contributed by atoms with van der Waals surface area (Å²) < 4.78 is 14.8. The first-order valence-corrected chi connectivity index (χ1v) is 3.12. The van der Waals surface area contributed by atoms with Gasteiger partial charge >= 0.3 is 0 Å². The number of nitrogens with zero attached hydrogens (tertiary/aromatic N) is 1. The topological polar surface area (TPSA) is 78.9 Å². The van der Waals surface area contributed by atoms with Gasteiger partial charge in [-0.2, -0.15) is 5.26 Å². The summed E-state index contributed by atoms with van der Waals surface area (Å²) in [6.07, 6.45) is 0. The highest BCUT2D eigenvalue weighted by Gasteiger charge is 2.01. The van der Waals surface area contributed by atoms with Crippen LogP contribution in [0, 0.1) is 11.3 Å². The summed E-state index contributed by atoms with van der Waals surface area (Å²) >= 11 is 0. The Balaban J connectivity index is 3.34. The molecule has 1 aromatic carbocycles. The van der Waals surface area contributed by atoms with Gasteiger partial charge in [-0.05, 0) is 24.2 Å². The fraction of sp³-hybridized carbons (Fsp3) is 0. The molecule has 1 aromatic rings. The maximum absolute atomic E-state index is 11.1. The molecular formula is C8H7N3O. The molecule has 0 aromatic heterocycles. The van der Waals surface area contributed by atoms with E-state index in [-0.39, 0.29) is 23.2 Å². The van der Waals surface area contributed by atoms with Crippen LogP contribution in [0.5, 0.6) is 0 Å². The van der Waals surface area contributed by atoms with Crippen molar-refractivity contribution in [2.45, 2.75) is 0 Å². The quantitative estimate of drug-likeness (QED) is 0.351. The van der Waals surface area contributed by atoms with E-state index in [4.69, 9.17) is 13.8 Å². The normalized spacial score (nSPS) is 11.0. The predicted molar refractivity (Wildman–Crippen MR) is 42.8 cm³/mol. The van der Waals surface area contributed by atoms with E-state index >= 15 is 0 Å². The Morgan fingerprint density at radius 3 is 2.67 bits per heavy atom. The molecule has 0 radical (unpaired) electrons. The van der Waals surface area contributed by atoms with E-state index in [0.717, 1.165) is 0 Å². The van der Waals surface area contributed by atoms with Gasteiger partial charge in [-0.3, -0.25) is 10.2 Å². The first-order chi connectivity index (χ1) is 6.60. The molecule has 0 bridgehead atoms. The number of carbonyl (C=O) groups excluding carboxylic acids is 1. The second kappa shape index (κ2) is 3.51. The number of nitriles is 1. The van der Waals surface area contributed by atoms with Crippen LogP contribution in [-0.2, 0) is 0 Å². The van der Waals surface area contributed by atoms with Gasteiger partial charge in [0, 0.05) is 5.56 Å². The minimum atomic E-state index is -0.704. The van der Waals surface area contributed by atoms with E-state index in [1.807, 2.05) is 5.43 Å². The number of nitrogens with one attached hydrogen (secondary N) is 1. The lowest BCUT2D eigenvalue weighted by atomic mass is 10.1. The molecule has 60 valence electrons. The Morgan fingerprint density at radius 1 is 1.67 bits per heavy atom. The summed E-state index contributed by atoms with van der Waals surface area (Å²) in [4.78, 5) is 11.1. The maximum Gasteiger partial charge on any atom is 0.265 e. The van der Waals surface area contributed by atoms with Crippen LogP contribution in [0.25, 0.3) is 0 Å². The zero-order valence-electron chi connectivity index (χ0n) is 8.09. The van der Waals surface area contributed by atoms with Crippen LogP contribution in [0.1, 0.15) is 18.7 Å². The maximum atomic E-state index is 11.1. The number of benzene rings is 1. The Bertz CT molecular complexity index is 402. The van der Waals surface area contributed by atoms with E-state index in [9.17, 15) is 4.79 Å². The summed E-state index contributed by atoms with van der Waals surface area (Å²) in [6, 6.07) is 3.85. The summed E-state index contributed by atoms with van der Waals surface area (Å²) in [5, 5.41) is 8.53. The third kappa shape index (κ3) is 1.59. The average Bonchev–Trinajstić information content (AvgIpc) is 2.16. The first-order valence-electron chi connectivity index (χ1n) is 4.12. The molecule has 0 fully saturated rings. The zero-order valence-corrected chi connectivity index (χ0v) is 6.09. The lowest BCUT2D eigenvalue weighted by Crippen LogP contribution is -2.29. The van der Waals surface area contributed by atoms with Gasteiger partial charge in [0.05, 0.1) is 14.4 Å². The first kappa shape index (κ1) is 5.75. The van der Waals surface area contributed by atoms with Crippen molar-refractivity contribution >= 4 is 5.91 Å². The minimum absolute atomic E-state index is 0.133. The van der Waals surface area contributed by atoms with Crippen LogP contribution in [0.3, 0.4) is 0 Å². The van der Waals surface area contributed by atoms with E-state index in [1.165, 1.54) is 12.1 Å². The van der Waals surface area contributed by atoms with Crippen molar-refractivity contribution in [2.24, 2.45) is 5.84 Å². The minimum Gasteiger partial charge on any atom is -0.290 e. The van der Waals surface area contributed by atoms with E-state index in [1.54, 1.807) is 6.07 Å². The van der Waals surface area contributed by atoms with Crippen LogP contribution >= 0.6 is 0 Å². The third-order valence-electron chi connectivity index (χ3n) is 1.23. The van der Waals surface area contributed by atoms with Gasteiger partial charge in [0.1, 0.15) is 0 Å². The molecule has 4 heteroatoms. The molecule has 12 heavy (non-hydrogen) atoms. The van der Waals surface area contributed by atoms with Crippen molar-refractivity contribution in [3.63, 3.8) is 0 Å². The molecule has 1 rings (SSSR count). The lowest BCUT2D eigenvalue weighted by molar-refractivity contribution is 0.0953. The van der Waals surface area contributed by atoms with Crippen molar-refractivity contribution in [1.82, 2.24) is 5.43 Å². The number of nitrogen functional groups attached to an aromatic ring is 1. The van der Waals surface area contributed by atoms with Crippen LogP contribution in [0.15, 0.2) is 24.2 Å². The van der Waals surface area contributed by atoms with Gasteiger partial charge in [-0.25, -0.2) is 5.84 Å². The van der Waals surface area contributed by atoms with Gasteiger partial charge in [0.2, 0.25) is 0 Å². The fourth-order valence-electron chi connectivity index (χ4n) is 0.651.